The lowest BCUT2D eigenvalue weighted by Gasteiger charge is -2.14. The van der Waals surface area contributed by atoms with Crippen LogP contribution in [0.3, 0.4) is 0 Å². The maximum Gasteiger partial charge on any atom is 0.266 e. The van der Waals surface area contributed by atoms with E-state index < -0.39 is 0 Å². The molecular weight excluding hydrogens is 358 g/mol. The van der Waals surface area contributed by atoms with Crippen LogP contribution in [0.1, 0.15) is 41.2 Å². The van der Waals surface area contributed by atoms with E-state index in [-0.39, 0.29) is 29.8 Å². The van der Waals surface area contributed by atoms with Crippen LogP contribution in [-0.2, 0) is 11.2 Å². The number of H-pyrrole nitrogens is 1. The van der Waals surface area contributed by atoms with Crippen molar-refractivity contribution in [1.82, 2.24) is 19.9 Å². The molecule has 1 aromatic carbocycles. The van der Waals surface area contributed by atoms with Gasteiger partial charge in [0.2, 0.25) is 5.91 Å². The molecule has 0 aliphatic rings. The van der Waals surface area contributed by atoms with Crippen molar-refractivity contribution in [3.8, 4) is 0 Å². The molecule has 146 valence electrons. The molecule has 2 heterocycles. The van der Waals surface area contributed by atoms with Gasteiger partial charge in [-0.25, -0.2) is 9.50 Å². The van der Waals surface area contributed by atoms with Gasteiger partial charge in [-0.15, -0.1) is 0 Å². The third-order valence-electron chi connectivity index (χ3n) is 4.41. The quantitative estimate of drug-likeness (QED) is 0.628. The number of aryl methyl sites for hydroxylation is 2. The van der Waals surface area contributed by atoms with Gasteiger partial charge < -0.3 is 10.6 Å². The molecule has 0 atom stereocenters. The highest BCUT2D eigenvalue weighted by Crippen LogP contribution is 2.18. The van der Waals surface area contributed by atoms with Gasteiger partial charge in [0.1, 0.15) is 0 Å². The molecule has 2 aromatic heterocycles. The summed E-state index contributed by atoms with van der Waals surface area (Å²) < 4.78 is 1.57. The summed E-state index contributed by atoms with van der Waals surface area (Å²) in [5, 5.41) is 8.31. The molecule has 0 aliphatic carbocycles. The van der Waals surface area contributed by atoms with E-state index in [1.54, 1.807) is 35.7 Å². The molecule has 0 fully saturated rings. The molecule has 3 aromatic rings. The van der Waals surface area contributed by atoms with Gasteiger partial charge >= 0.3 is 0 Å². The van der Waals surface area contributed by atoms with E-state index in [0.717, 1.165) is 11.3 Å². The maximum absolute atomic E-state index is 12.7. The number of nitrogens with zero attached hydrogens (tertiary/aromatic N) is 2. The molecule has 28 heavy (non-hydrogen) atoms. The van der Waals surface area contributed by atoms with E-state index >= 15 is 0 Å². The van der Waals surface area contributed by atoms with E-state index in [1.165, 1.54) is 6.07 Å². The van der Waals surface area contributed by atoms with E-state index in [9.17, 15) is 14.4 Å². The number of amides is 2. The van der Waals surface area contributed by atoms with Crippen LogP contribution in [0.5, 0.6) is 0 Å². The average molecular weight is 381 g/mol. The van der Waals surface area contributed by atoms with E-state index in [2.05, 4.69) is 20.7 Å². The Morgan fingerprint density at radius 3 is 2.64 bits per heavy atom. The second-order valence-electron chi connectivity index (χ2n) is 6.97. The van der Waals surface area contributed by atoms with Crippen molar-refractivity contribution < 1.29 is 9.59 Å². The molecule has 0 aliphatic heterocycles. The van der Waals surface area contributed by atoms with Crippen molar-refractivity contribution in [3.63, 3.8) is 0 Å². The lowest BCUT2D eigenvalue weighted by molar-refractivity contribution is -0.115. The zero-order chi connectivity index (χ0) is 20.4. The Labute approximate surface area is 162 Å². The Kier molecular flexibility index (Phi) is 5.30. The monoisotopic (exact) mass is 381 g/mol. The Balaban J connectivity index is 1.85. The largest absolute Gasteiger partial charge is 0.350 e. The fourth-order valence-electron chi connectivity index (χ4n) is 3.10. The van der Waals surface area contributed by atoms with Gasteiger partial charge in [-0.2, -0.15) is 0 Å². The minimum atomic E-state index is -0.272. The number of hydrogen-bond donors (Lipinski definition) is 3. The summed E-state index contributed by atoms with van der Waals surface area (Å²) in [6.07, 6.45) is 0.0704. The Bertz CT molecular complexity index is 1110. The first kappa shape index (κ1) is 19.3. The topological polar surface area (TPSA) is 108 Å². The van der Waals surface area contributed by atoms with Gasteiger partial charge in [0, 0.05) is 29.1 Å². The molecule has 0 saturated heterocycles. The lowest BCUT2D eigenvalue weighted by atomic mass is 10.1. The lowest BCUT2D eigenvalue weighted by Crippen LogP contribution is -2.31. The molecule has 0 bridgehead atoms. The first-order valence-corrected chi connectivity index (χ1v) is 9.04. The number of aromatic nitrogens is 3. The molecular formula is C20H23N5O3. The van der Waals surface area contributed by atoms with Gasteiger partial charge in [-0.1, -0.05) is 12.1 Å². The molecule has 8 heteroatoms. The normalized spacial score (nSPS) is 11.0. The highest BCUT2D eigenvalue weighted by molar-refractivity contribution is 6.04. The number of para-hydroxylation sites is 1. The molecule has 3 rings (SSSR count). The summed E-state index contributed by atoms with van der Waals surface area (Å²) in [6.45, 7) is 7.38. The highest BCUT2D eigenvalue weighted by atomic mass is 16.2. The van der Waals surface area contributed by atoms with Crippen molar-refractivity contribution in [2.75, 3.05) is 5.32 Å². The number of rotatable bonds is 5. The van der Waals surface area contributed by atoms with Gasteiger partial charge in [0.25, 0.3) is 11.5 Å². The Hall–Kier alpha value is -3.42. The van der Waals surface area contributed by atoms with Crippen molar-refractivity contribution >= 4 is 23.1 Å². The van der Waals surface area contributed by atoms with Crippen LogP contribution in [0.15, 0.2) is 35.1 Å². The van der Waals surface area contributed by atoms with E-state index in [4.69, 9.17) is 0 Å². The minimum Gasteiger partial charge on any atom is -0.350 e. The third-order valence-corrected chi connectivity index (χ3v) is 4.41. The second-order valence-corrected chi connectivity index (χ2v) is 6.97. The molecule has 0 unspecified atom stereocenters. The van der Waals surface area contributed by atoms with Crippen LogP contribution >= 0.6 is 0 Å². The van der Waals surface area contributed by atoms with Crippen LogP contribution in [0.2, 0.25) is 0 Å². The molecule has 2 amide bonds. The number of fused-ring (bicyclic) bond motifs is 1. The smallest absolute Gasteiger partial charge is 0.266 e. The van der Waals surface area contributed by atoms with Crippen LogP contribution in [0.4, 0.5) is 5.69 Å². The summed E-state index contributed by atoms with van der Waals surface area (Å²) >= 11 is 0. The number of anilines is 1. The predicted molar refractivity (Wildman–Crippen MR) is 107 cm³/mol. The van der Waals surface area contributed by atoms with Crippen molar-refractivity contribution in [3.05, 3.63) is 63.2 Å². The number of carbonyl (C=O) groups is 2. The molecule has 8 nitrogen and oxygen atoms in total. The number of hydrogen-bond acceptors (Lipinski definition) is 4. The highest BCUT2D eigenvalue weighted by Gasteiger charge is 2.17. The summed E-state index contributed by atoms with van der Waals surface area (Å²) in [5.74, 6) is -0.516. The van der Waals surface area contributed by atoms with E-state index in [1.807, 2.05) is 20.8 Å². The van der Waals surface area contributed by atoms with Gasteiger partial charge in [-0.05, 0) is 39.8 Å². The molecule has 3 N–H and O–H groups in total. The summed E-state index contributed by atoms with van der Waals surface area (Å²) in [5.41, 5.74) is 3.26. The summed E-state index contributed by atoms with van der Waals surface area (Å²) in [4.78, 5) is 41.0. The predicted octanol–water partition coefficient (Wildman–Crippen LogP) is 1.96. The molecule has 0 spiro atoms. The first-order valence-electron chi connectivity index (χ1n) is 9.04. The number of nitrogens with one attached hydrogen (secondary N) is 3. The van der Waals surface area contributed by atoms with E-state index in [0.29, 0.717) is 22.6 Å². The number of benzene rings is 1. The minimum absolute atomic E-state index is 0.0110. The van der Waals surface area contributed by atoms with Crippen molar-refractivity contribution in [2.45, 2.75) is 40.2 Å². The molecule has 0 radical (unpaired) electrons. The Morgan fingerprint density at radius 1 is 1.21 bits per heavy atom. The second kappa shape index (κ2) is 7.67. The Morgan fingerprint density at radius 2 is 1.93 bits per heavy atom. The summed E-state index contributed by atoms with van der Waals surface area (Å²) in [7, 11) is 0. The van der Waals surface area contributed by atoms with Crippen LogP contribution in [0, 0.1) is 13.8 Å². The number of aromatic amines is 1. The van der Waals surface area contributed by atoms with Gasteiger partial charge in [0.15, 0.2) is 5.65 Å². The summed E-state index contributed by atoms with van der Waals surface area (Å²) in [6, 6.07) is 8.27. The van der Waals surface area contributed by atoms with Crippen molar-refractivity contribution in [1.29, 1.82) is 0 Å². The zero-order valence-electron chi connectivity index (χ0n) is 16.3. The van der Waals surface area contributed by atoms with Crippen LogP contribution in [0.25, 0.3) is 5.65 Å². The van der Waals surface area contributed by atoms with Gasteiger partial charge in [0.05, 0.1) is 17.7 Å². The number of carbonyl (C=O) groups excluding carboxylic acids is 2. The zero-order valence-corrected chi connectivity index (χ0v) is 16.3. The van der Waals surface area contributed by atoms with Crippen LogP contribution < -0.4 is 16.2 Å². The maximum atomic E-state index is 12.7. The molecule has 0 saturated carbocycles. The fourth-order valence-corrected chi connectivity index (χ4v) is 3.10. The average Bonchev–Trinajstić information content (AvgIpc) is 2.99. The standard InChI is InChI=1S/C20H23N5O3/c1-11(2)21-20(28)14-7-5-6-8-16(14)23-18(26)9-15-12(3)22-17-10-19(27)24-25(17)13(15)4/h5-8,10-11H,9H2,1-4H3,(H,21,28)(H,23,26)(H,24,27). The fraction of sp³-hybridized carbons (Fsp3) is 0.300. The SMILES string of the molecule is Cc1nc2cc(=O)[nH]n2c(C)c1CC(=O)Nc1ccccc1C(=O)NC(C)C. The van der Waals surface area contributed by atoms with Crippen LogP contribution in [-0.4, -0.2) is 32.5 Å². The van der Waals surface area contributed by atoms with Gasteiger partial charge in [-0.3, -0.25) is 19.5 Å². The third kappa shape index (κ3) is 3.95. The first-order chi connectivity index (χ1) is 13.3. The van der Waals surface area contributed by atoms with Crippen molar-refractivity contribution in [2.24, 2.45) is 0 Å².